The van der Waals surface area contributed by atoms with Gasteiger partial charge in [0.2, 0.25) is 15.9 Å². The third-order valence-corrected chi connectivity index (χ3v) is 9.57. The first-order valence-corrected chi connectivity index (χ1v) is 14.0. The van der Waals surface area contributed by atoms with Crippen LogP contribution in [0, 0.1) is 5.92 Å². The van der Waals surface area contributed by atoms with Gasteiger partial charge < -0.3 is 14.5 Å². The fourth-order valence-electron chi connectivity index (χ4n) is 5.45. The van der Waals surface area contributed by atoms with Crippen LogP contribution >= 0.6 is 0 Å². The fourth-order valence-corrected chi connectivity index (χ4v) is 7.33. The molecule has 0 spiro atoms. The average Bonchev–Trinajstić information content (AvgIpc) is 2.88. The van der Waals surface area contributed by atoms with Crippen molar-refractivity contribution in [3.63, 3.8) is 0 Å². The zero-order valence-corrected chi connectivity index (χ0v) is 21.2. The van der Waals surface area contributed by atoms with Crippen LogP contribution in [0.2, 0.25) is 0 Å². The Morgan fingerprint density at radius 2 is 1.56 bits per heavy atom. The second kappa shape index (κ2) is 10.6. The van der Waals surface area contributed by atoms with Crippen LogP contribution in [0.5, 0.6) is 5.75 Å². The molecule has 2 amide bonds. The van der Waals surface area contributed by atoms with Gasteiger partial charge in [-0.3, -0.25) is 9.59 Å². The summed E-state index contributed by atoms with van der Waals surface area (Å²) in [4.78, 5) is 29.9. The number of benzene rings is 1. The minimum Gasteiger partial charge on any atom is -0.495 e. The number of nitrogens with zero attached hydrogens (tertiary/aromatic N) is 3. The lowest BCUT2D eigenvalue weighted by Crippen LogP contribution is -2.45. The van der Waals surface area contributed by atoms with Crippen LogP contribution in [0.15, 0.2) is 23.1 Å². The first kappa shape index (κ1) is 25.0. The molecule has 1 unspecified atom stereocenters. The van der Waals surface area contributed by atoms with Crippen LogP contribution in [0.3, 0.4) is 0 Å². The number of piperidine rings is 3. The van der Waals surface area contributed by atoms with Crippen LogP contribution in [-0.4, -0.2) is 80.2 Å². The van der Waals surface area contributed by atoms with Crippen LogP contribution < -0.4 is 4.74 Å². The first-order chi connectivity index (χ1) is 16.3. The monoisotopic (exact) mass is 491 g/mol. The van der Waals surface area contributed by atoms with Crippen molar-refractivity contribution in [2.24, 2.45) is 5.92 Å². The molecule has 4 rings (SSSR count). The van der Waals surface area contributed by atoms with Gasteiger partial charge in [-0.2, -0.15) is 4.31 Å². The maximum Gasteiger partial charge on any atom is 0.253 e. The third kappa shape index (κ3) is 5.10. The van der Waals surface area contributed by atoms with Crippen molar-refractivity contribution >= 4 is 21.8 Å². The molecule has 0 N–H and O–H groups in total. The standard InChI is InChI=1S/C25H37N3O5S/c1-19-8-4-7-15-28(19)34(31,32)23-18-21(9-10-22(23)33-2)25(30)27-16-11-20(12-17-27)24(29)26-13-5-3-6-14-26/h9-10,18-20H,3-8,11-17H2,1-2H3. The summed E-state index contributed by atoms with van der Waals surface area (Å²) in [5.74, 6) is 0.240. The molecular formula is C25H37N3O5S. The maximum atomic E-state index is 13.5. The van der Waals surface area contributed by atoms with E-state index in [1.54, 1.807) is 17.0 Å². The summed E-state index contributed by atoms with van der Waals surface area (Å²) in [5.41, 5.74) is 0.338. The van der Waals surface area contributed by atoms with Gasteiger partial charge in [-0.1, -0.05) is 6.42 Å². The summed E-state index contributed by atoms with van der Waals surface area (Å²) in [7, 11) is -2.34. The van der Waals surface area contributed by atoms with E-state index in [0.717, 1.165) is 45.2 Å². The highest BCUT2D eigenvalue weighted by Crippen LogP contribution is 2.32. The second-order valence-corrected chi connectivity index (χ2v) is 11.6. The number of likely N-dealkylation sites (tertiary alicyclic amines) is 2. The van der Waals surface area contributed by atoms with E-state index >= 15 is 0 Å². The highest BCUT2D eigenvalue weighted by Gasteiger charge is 2.35. The lowest BCUT2D eigenvalue weighted by Gasteiger charge is -2.35. The topological polar surface area (TPSA) is 87.2 Å². The van der Waals surface area contributed by atoms with Crippen molar-refractivity contribution < 1.29 is 22.7 Å². The molecule has 188 valence electrons. The zero-order chi connectivity index (χ0) is 24.3. The molecule has 1 atom stereocenters. The van der Waals surface area contributed by atoms with Gasteiger partial charge in [-0.25, -0.2) is 8.42 Å². The molecule has 3 heterocycles. The van der Waals surface area contributed by atoms with Crippen molar-refractivity contribution in [3.05, 3.63) is 23.8 Å². The molecule has 3 aliphatic rings. The lowest BCUT2D eigenvalue weighted by molar-refractivity contribution is -0.137. The van der Waals surface area contributed by atoms with Crippen molar-refractivity contribution in [2.75, 3.05) is 39.8 Å². The molecule has 0 bridgehead atoms. The second-order valence-electron chi connectivity index (χ2n) is 9.78. The summed E-state index contributed by atoms with van der Waals surface area (Å²) in [6.07, 6.45) is 7.29. The van der Waals surface area contributed by atoms with Crippen LogP contribution in [0.4, 0.5) is 0 Å². The number of methoxy groups -OCH3 is 1. The van der Waals surface area contributed by atoms with Gasteiger partial charge >= 0.3 is 0 Å². The molecule has 3 aliphatic heterocycles. The van der Waals surface area contributed by atoms with Crippen molar-refractivity contribution in [3.8, 4) is 5.75 Å². The predicted octanol–water partition coefficient (Wildman–Crippen LogP) is 3.12. The Balaban J connectivity index is 1.47. The fraction of sp³-hybridized carbons (Fsp3) is 0.680. The van der Waals surface area contributed by atoms with Gasteiger partial charge in [-0.05, 0) is 70.1 Å². The van der Waals surface area contributed by atoms with Gasteiger partial charge in [0, 0.05) is 50.2 Å². The normalized spacial score (nSPS) is 23.1. The van der Waals surface area contributed by atoms with E-state index in [9.17, 15) is 18.0 Å². The van der Waals surface area contributed by atoms with Crippen molar-refractivity contribution in [1.82, 2.24) is 14.1 Å². The van der Waals surface area contributed by atoms with Crippen molar-refractivity contribution in [1.29, 1.82) is 0 Å². The van der Waals surface area contributed by atoms with Gasteiger partial charge in [-0.15, -0.1) is 0 Å². The van der Waals surface area contributed by atoms with E-state index in [1.807, 2.05) is 11.8 Å². The van der Waals surface area contributed by atoms with E-state index in [0.29, 0.717) is 38.0 Å². The molecule has 1 aromatic carbocycles. The summed E-state index contributed by atoms with van der Waals surface area (Å²) >= 11 is 0. The Hall–Kier alpha value is -2.13. The van der Waals surface area contributed by atoms with Gasteiger partial charge in [0.05, 0.1) is 7.11 Å². The molecule has 1 aromatic rings. The molecule has 0 saturated carbocycles. The Morgan fingerprint density at radius 1 is 0.882 bits per heavy atom. The number of carbonyl (C=O) groups excluding carboxylic acids is 2. The number of sulfonamides is 1. The minimum atomic E-state index is -3.79. The van der Waals surface area contributed by atoms with E-state index < -0.39 is 10.0 Å². The van der Waals surface area contributed by atoms with Crippen LogP contribution in [-0.2, 0) is 14.8 Å². The quantitative estimate of drug-likeness (QED) is 0.632. The lowest BCUT2D eigenvalue weighted by atomic mass is 9.94. The van der Waals surface area contributed by atoms with Gasteiger partial charge in [0.1, 0.15) is 10.6 Å². The summed E-state index contributed by atoms with van der Waals surface area (Å²) in [6.45, 7) is 5.09. The van der Waals surface area contributed by atoms with Crippen molar-refractivity contribution in [2.45, 2.75) is 69.2 Å². The average molecular weight is 492 g/mol. The number of ether oxygens (including phenoxy) is 1. The summed E-state index contributed by atoms with van der Waals surface area (Å²) in [6, 6.07) is 4.58. The molecule has 9 heteroatoms. The number of amides is 2. The minimum absolute atomic E-state index is 0.0328. The van der Waals surface area contributed by atoms with E-state index in [1.165, 1.54) is 23.9 Å². The predicted molar refractivity (Wildman–Crippen MR) is 129 cm³/mol. The van der Waals surface area contributed by atoms with Gasteiger partial charge in [0.25, 0.3) is 5.91 Å². The number of hydrogen-bond acceptors (Lipinski definition) is 5. The summed E-state index contributed by atoms with van der Waals surface area (Å²) < 4.78 is 33.8. The van der Waals surface area contributed by atoms with Crippen LogP contribution in [0.25, 0.3) is 0 Å². The molecule has 3 fully saturated rings. The van der Waals surface area contributed by atoms with E-state index in [2.05, 4.69) is 0 Å². The number of hydrogen-bond donors (Lipinski definition) is 0. The molecule has 0 aromatic heterocycles. The Bertz CT molecular complexity index is 998. The Kier molecular flexibility index (Phi) is 7.82. The van der Waals surface area contributed by atoms with Crippen LogP contribution in [0.1, 0.15) is 68.6 Å². The molecule has 34 heavy (non-hydrogen) atoms. The molecule has 8 nitrogen and oxygen atoms in total. The first-order valence-electron chi connectivity index (χ1n) is 12.6. The maximum absolute atomic E-state index is 13.5. The van der Waals surface area contributed by atoms with Gasteiger partial charge in [0.15, 0.2) is 0 Å². The Morgan fingerprint density at radius 3 is 2.21 bits per heavy atom. The summed E-state index contributed by atoms with van der Waals surface area (Å²) in [5, 5.41) is 0. The molecule has 3 saturated heterocycles. The SMILES string of the molecule is COc1ccc(C(=O)N2CCC(C(=O)N3CCCCC3)CC2)cc1S(=O)(=O)N1CCCCC1C. The Labute approximate surface area is 203 Å². The number of carbonyl (C=O) groups is 2. The van der Waals surface area contributed by atoms with E-state index in [4.69, 9.17) is 4.74 Å². The third-order valence-electron chi connectivity index (χ3n) is 7.54. The zero-order valence-electron chi connectivity index (χ0n) is 20.4. The molecular weight excluding hydrogens is 454 g/mol. The highest BCUT2D eigenvalue weighted by molar-refractivity contribution is 7.89. The largest absolute Gasteiger partial charge is 0.495 e. The smallest absolute Gasteiger partial charge is 0.253 e. The molecule has 0 aliphatic carbocycles. The molecule has 0 radical (unpaired) electrons. The van der Waals surface area contributed by atoms with E-state index in [-0.39, 0.29) is 34.4 Å². The highest BCUT2D eigenvalue weighted by atomic mass is 32.2. The number of rotatable bonds is 5.